The number of hydrogen-bond donors (Lipinski definition) is 2. The Morgan fingerprint density at radius 3 is 2.64 bits per heavy atom. The fourth-order valence-corrected chi connectivity index (χ4v) is 3.76. The normalized spacial score (nSPS) is 22.1. The molecule has 0 bridgehead atoms. The van der Waals surface area contributed by atoms with E-state index in [0.717, 1.165) is 32.1 Å². The molecular formula is C20H26N2O6. The van der Waals surface area contributed by atoms with Gasteiger partial charge in [-0.1, -0.05) is 24.4 Å². The third-order valence-corrected chi connectivity index (χ3v) is 5.29. The molecule has 0 saturated heterocycles. The van der Waals surface area contributed by atoms with Crippen LogP contribution >= 0.6 is 0 Å². The standard InChI is InChI=1S/C20H26N2O6/c1-26-14-8-9-15(17(10-14)27-2)16-11-20(28-22-16,12-18(23)24)19(25)21-13-6-4-3-5-7-13/h8-10,13H,3-7,11-12H2,1-2H3,(H,21,25)(H,23,24)/t20-/m0/s1. The number of methoxy groups -OCH3 is 2. The number of nitrogens with zero attached hydrogens (tertiary/aromatic N) is 1. The second-order valence-electron chi connectivity index (χ2n) is 7.25. The number of carbonyl (C=O) groups is 2. The van der Waals surface area contributed by atoms with Gasteiger partial charge < -0.3 is 24.7 Å². The summed E-state index contributed by atoms with van der Waals surface area (Å²) in [5.41, 5.74) is -0.440. The van der Waals surface area contributed by atoms with E-state index in [-0.39, 0.29) is 12.5 Å². The summed E-state index contributed by atoms with van der Waals surface area (Å²) in [4.78, 5) is 29.9. The summed E-state index contributed by atoms with van der Waals surface area (Å²) in [5.74, 6) is -0.405. The molecule has 0 radical (unpaired) electrons. The molecule has 1 aromatic carbocycles. The number of benzene rings is 1. The van der Waals surface area contributed by atoms with Gasteiger partial charge in [0.15, 0.2) is 0 Å². The minimum absolute atomic E-state index is 0.0510. The van der Waals surface area contributed by atoms with Crippen molar-refractivity contribution in [3.63, 3.8) is 0 Å². The molecule has 1 atom stereocenters. The van der Waals surface area contributed by atoms with Crippen molar-refractivity contribution in [3.8, 4) is 11.5 Å². The molecule has 0 unspecified atom stereocenters. The molecule has 3 rings (SSSR count). The van der Waals surface area contributed by atoms with Crippen molar-refractivity contribution in [2.45, 2.75) is 56.6 Å². The van der Waals surface area contributed by atoms with Gasteiger partial charge in [0.1, 0.15) is 11.5 Å². The highest BCUT2D eigenvalue weighted by Gasteiger charge is 2.49. The lowest BCUT2D eigenvalue weighted by molar-refractivity contribution is -0.156. The molecule has 2 N–H and O–H groups in total. The predicted molar refractivity (Wildman–Crippen MR) is 102 cm³/mol. The zero-order valence-corrected chi connectivity index (χ0v) is 16.2. The van der Waals surface area contributed by atoms with Gasteiger partial charge in [-0.3, -0.25) is 9.59 Å². The number of hydrogen-bond acceptors (Lipinski definition) is 6. The maximum atomic E-state index is 13.0. The third-order valence-electron chi connectivity index (χ3n) is 5.29. The summed E-state index contributed by atoms with van der Waals surface area (Å²) in [7, 11) is 3.08. The molecule has 0 aromatic heterocycles. The van der Waals surface area contributed by atoms with E-state index in [1.54, 1.807) is 25.3 Å². The third kappa shape index (κ3) is 4.21. The molecule has 8 nitrogen and oxygen atoms in total. The molecule has 1 saturated carbocycles. The monoisotopic (exact) mass is 390 g/mol. The van der Waals surface area contributed by atoms with Crippen molar-refractivity contribution in [2.75, 3.05) is 14.2 Å². The van der Waals surface area contributed by atoms with Gasteiger partial charge >= 0.3 is 5.97 Å². The number of rotatable bonds is 7. The minimum atomic E-state index is -1.55. The molecule has 1 aromatic rings. The lowest BCUT2D eigenvalue weighted by Gasteiger charge is -2.29. The molecule has 1 aliphatic carbocycles. The van der Waals surface area contributed by atoms with Gasteiger partial charge in [-0.15, -0.1) is 0 Å². The average molecular weight is 390 g/mol. The number of aliphatic carboxylic acids is 1. The fourth-order valence-electron chi connectivity index (χ4n) is 3.76. The summed E-state index contributed by atoms with van der Waals surface area (Å²) in [5, 5.41) is 16.4. The Labute approximate surface area is 163 Å². The van der Waals surface area contributed by atoms with Crippen molar-refractivity contribution in [3.05, 3.63) is 23.8 Å². The van der Waals surface area contributed by atoms with Crippen LogP contribution in [0.1, 0.15) is 50.5 Å². The smallest absolute Gasteiger partial charge is 0.308 e. The highest BCUT2D eigenvalue weighted by molar-refractivity contribution is 6.08. The highest BCUT2D eigenvalue weighted by atomic mass is 16.7. The van der Waals surface area contributed by atoms with Crippen LogP contribution in [0.4, 0.5) is 0 Å². The van der Waals surface area contributed by atoms with Crippen LogP contribution in [0.2, 0.25) is 0 Å². The number of ether oxygens (including phenoxy) is 2. The first kappa shape index (κ1) is 20.0. The number of carboxylic acid groups (broad SMARTS) is 1. The fraction of sp³-hybridized carbons (Fsp3) is 0.550. The first-order valence-electron chi connectivity index (χ1n) is 9.47. The lowest BCUT2D eigenvalue weighted by Crippen LogP contribution is -2.52. The van der Waals surface area contributed by atoms with Gasteiger partial charge in [0.2, 0.25) is 5.60 Å². The lowest BCUT2D eigenvalue weighted by atomic mass is 9.88. The quantitative estimate of drug-likeness (QED) is 0.741. The van der Waals surface area contributed by atoms with Crippen molar-refractivity contribution >= 4 is 17.6 Å². The number of nitrogens with one attached hydrogen (secondary N) is 1. The molecule has 28 heavy (non-hydrogen) atoms. The van der Waals surface area contributed by atoms with Crippen molar-refractivity contribution in [1.82, 2.24) is 5.32 Å². The Balaban J connectivity index is 1.81. The summed E-state index contributed by atoms with van der Waals surface area (Å²) in [6.45, 7) is 0. The van der Waals surface area contributed by atoms with E-state index in [2.05, 4.69) is 10.5 Å². The van der Waals surface area contributed by atoms with E-state index in [4.69, 9.17) is 14.3 Å². The molecule has 8 heteroatoms. The van der Waals surface area contributed by atoms with Gasteiger partial charge in [0.05, 0.1) is 26.4 Å². The second kappa shape index (κ2) is 8.50. The van der Waals surface area contributed by atoms with Crippen molar-refractivity contribution in [1.29, 1.82) is 0 Å². The number of amides is 1. The summed E-state index contributed by atoms with van der Waals surface area (Å²) < 4.78 is 10.6. The summed E-state index contributed by atoms with van der Waals surface area (Å²) in [6.07, 6.45) is 4.67. The van der Waals surface area contributed by atoms with Crippen LogP contribution in [-0.4, -0.2) is 48.6 Å². The molecule has 2 aliphatic rings. The van der Waals surface area contributed by atoms with Crippen LogP contribution in [0.3, 0.4) is 0 Å². The molecule has 1 aliphatic heterocycles. The molecular weight excluding hydrogens is 364 g/mol. The largest absolute Gasteiger partial charge is 0.497 e. The number of carbonyl (C=O) groups excluding carboxylic acids is 1. The topological polar surface area (TPSA) is 106 Å². The van der Waals surface area contributed by atoms with Gasteiger partial charge in [0.25, 0.3) is 5.91 Å². The van der Waals surface area contributed by atoms with Crippen LogP contribution < -0.4 is 14.8 Å². The first-order valence-corrected chi connectivity index (χ1v) is 9.47. The second-order valence-corrected chi connectivity index (χ2v) is 7.25. The molecule has 152 valence electrons. The van der Waals surface area contributed by atoms with Gasteiger partial charge in [-0.2, -0.15) is 0 Å². The summed E-state index contributed by atoms with van der Waals surface area (Å²) >= 11 is 0. The first-order chi connectivity index (χ1) is 13.5. The van der Waals surface area contributed by atoms with Gasteiger partial charge in [-0.25, -0.2) is 0 Å². The highest BCUT2D eigenvalue weighted by Crippen LogP contribution is 2.35. The van der Waals surface area contributed by atoms with Gasteiger partial charge in [-0.05, 0) is 25.0 Å². The SMILES string of the molecule is COc1ccc(C2=NO[C@@](CC(=O)O)(C(=O)NC3CCCCC3)C2)c(OC)c1. The van der Waals surface area contributed by atoms with Crippen LogP contribution in [0.15, 0.2) is 23.4 Å². The zero-order chi connectivity index (χ0) is 20.1. The molecule has 1 fully saturated rings. The Morgan fingerprint density at radius 2 is 2.00 bits per heavy atom. The van der Waals surface area contributed by atoms with Crippen molar-refractivity contribution < 1.29 is 29.0 Å². The van der Waals surface area contributed by atoms with Crippen LogP contribution in [0.5, 0.6) is 11.5 Å². The van der Waals surface area contributed by atoms with E-state index >= 15 is 0 Å². The van der Waals surface area contributed by atoms with Gasteiger partial charge in [0, 0.05) is 24.1 Å². The maximum absolute atomic E-state index is 13.0. The molecule has 1 heterocycles. The van der Waals surface area contributed by atoms with Crippen molar-refractivity contribution in [2.24, 2.45) is 5.16 Å². The Hall–Kier alpha value is -2.77. The van der Waals surface area contributed by atoms with Crippen LogP contribution in [-0.2, 0) is 14.4 Å². The molecule has 1 amide bonds. The Kier molecular flexibility index (Phi) is 6.06. The Bertz CT molecular complexity index is 772. The van der Waals surface area contributed by atoms with E-state index in [9.17, 15) is 14.7 Å². The average Bonchev–Trinajstić information content (AvgIpc) is 3.12. The Morgan fingerprint density at radius 1 is 1.25 bits per heavy atom. The van der Waals surface area contributed by atoms with E-state index < -0.39 is 23.9 Å². The van der Waals surface area contributed by atoms with E-state index in [0.29, 0.717) is 22.8 Å². The molecule has 0 spiro atoms. The van der Waals surface area contributed by atoms with E-state index in [1.165, 1.54) is 7.11 Å². The zero-order valence-electron chi connectivity index (χ0n) is 16.2. The van der Waals surface area contributed by atoms with Crippen LogP contribution in [0, 0.1) is 0 Å². The maximum Gasteiger partial charge on any atom is 0.308 e. The number of carboxylic acids is 1. The number of oxime groups is 1. The van der Waals surface area contributed by atoms with Crippen LogP contribution in [0.25, 0.3) is 0 Å². The summed E-state index contributed by atoms with van der Waals surface area (Å²) in [6, 6.07) is 5.27. The predicted octanol–water partition coefficient (Wildman–Crippen LogP) is 2.49. The minimum Gasteiger partial charge on any atom is -0.497 e. The van der Waals surface area contributed by atoms with E-state index in [1.807, 2.05) is 0 Å².